The highest BCUT2D eigenvalue weighted by Gasteiger charge is 2.14. The van der Waals surface area contributed by atoms with Crippen LogP contribution in [0.4, 0.5) is 5.69 Å². The summed E-state index contributed by atoms with van der Waals surface area (Å²) >= 11 is 0. The van der Waals surface area contributed by atoms with Crippen LogP contribution >= 0.6 is 0 Å². The molecule has 0 radical (unpaired) electrons. The molecular formula is C18H18N2O3. The molecule has 0 atom stereocenters. The molecule has 0 fully saturated rings. The molecule has 2 aromatic carbocycles. The zero-order valence-electron chi connectivity index (χ0n) is 12.7. The fourth-order valence-electron chi connectivity index (χ4n) is 2.71. The van der Waals surface area contributed by atoms with Gasteiger partial charge in [-0.2, -0.15) is 0 Å². The minimum atomic E-state index is -0.563. The standard InChI is InChI=1S/C18H18N2O3/c19-18(22)14-5-1-2-6-15(14)20-17(21)11-12-7-8-16-13(10-12)4-3-9-23-16/h1-2,5-8,10H,3-4,9,11H2,(H2,19,22)(H,20,21). The Balaban J connectivity index is 1.72. The lowest BCUT2D eigenvalue weighted by Crippen LogP contribution is -2.19. The molecule has 0 aromatic heterocycles. The van der Waals surface area contributed by atoms with Crippen molar-refractivity contribution in [3.8, 4) is 5.75 Å². The minimum Gasteiger partial charge on any atom is -0.493 e. The maximum atomic E-state index is 12.2. The highest BCUT2D eigenvalue weighted by molar-refractivity contribution is 6.03. The van der Waals surface area contributed by atoms with E-state index in [0.29, 0.717) is 11.3 Å². The van der Waals surface area contributed by atoms with Crippen molar-refractivity contribution in [3.63, 3.8) is 0 Å². The lowest BCUT2D eigenvalue weighted by Gasteiger charge is -2.17. The van der Waals surface area contributed by atoms with Crippen LogP contribution < -0.4 is 15.8 Å². The second-order valence-electron chi connectivity index (χ2n) is 5.53. The molecule has 0 unspecified atom stereocenters. The molecule has 2 aromatic rings. The number of nitrogens with one attached hydrogen (secondary N) is 1. The Morgan fingerprint density at radius 3 is 2.83 bits per heavy atom. The quantitative estimate of drug-likeness (QED) is 0.909. The van der Waals surface area contributed by atoms with E-state index in [0.717, 1.165) is 36.3 Å². The number of anilines is 1. The topological polar surface area (TPSA) is 81.4 Å². The van der Waals surface area contributed by atoms with Gasteiger partial charge < -0.3 is 15.8 Å². The van der Waals surface area contributed by atoms with Crippen molar-refractivity contribution >= 4 is 17.5 Å². The van der Waals surface area contributed by atoms with E-state index in [1.54, 1.807) is 24.3 Å². The summed E-state index contributed by atoms with van der Waals surface area (Å²) < 4.78 is 5.57. The molecule has 3 N–H and O–H groups in total. The number of amides is 2. The molecule has 23 heavy (non-hydrogen) atoms. The first kappa shape index (κ1) is 15.1. The monoisotopic (exact) mass is 310 g/mol. The molecule has 0 bridgehead atoms. The van der Waals surface area contributed by atoms with Crippen molar-refractivity contribution in [1.29, 1.82) is 0 Å². The van der Waals surface area contributed by atoms with Crippen molar-refractivity contribution in [2.75, 3.05) is 11.9 Å². The summed E-state index contributed by atoms with van der Waals surface area (Å²) in [5, 5.41) is 2.75. The average Bonchev–Trinajstić information content (AvgIpc) is 2.55. The van der Waals surface area contributed by atoms with Crippen LogP contribution in [0.2, 0.25) is 0 Å². The Morgan fingerprint density at radius 1 is 1.17 bits per heavy atom. The summed E-state index contributed by atoms with van der Waals surface area (Å²) in [6.07, 6.45) is 2.20. The van der Waals surface area contributed by atoms with Crippen molar-refractivity contribution in [2.45, 2.75) is 19.3 Å². The van der Waals surface area contributed by atoms with Crippen molar-refractivity contribution in [3.05, 3.63) is 59.2 Å². The Hall–Kier alpha value is -2.82. The Morgan fingerprint density at radius 2 is 2.00 bits per heavy atom. The van der Waals surface area contributed by atoms with E-state index in [-0.39, 0.29) is 12.3 Å². The number of ether oxygens (including phenoxy) is 1. The van der Waals surface area contributed by atoms with Gasteiger partial charge in [0.2, 0.25) is 5.91 Å². The number of carbonyl (C=O) groups excluding carboxylic acids is 2. The van der Waals surface area contributed by atoms with Gasteiger partial charge in [-0.1, -0.05) is 24.3 Å². The fourth-order valence-corrected chi connectivity index (χ4v) is 2.71. The zero-order valence-corrected chi connectivity index (χ0v) is 12.7. The van der Waals surface area contributed by atoms with Crippen LogP contribution in [0, 0.1) is 0 Å². The number of benzene rings is 2. The summed E-state index contributed by atoms with van der Waals surface area (Å²) in [4.78, 5) is 23.6. The number of para-hydroxylation sites is 1. The van der Waals surface area contributed by atoms with Gasteiger partial charge in [0.25, 0.3) is 5.91 Å². The van der Waals surface area contributed by atoms with E-state index in [1.165, 1.54) is 0 Å². The molecule has 0 saturated carbocycles. The molecule has 118 valence electrons. The Kier molecular flexibility index (Phi) is 4.28. The van der Waals surface area contributed by atoms with Crippen molar-refractivity contribution in [2.24, 2.45) is 5.73 Å². The molecule has 0 aliphatic carbocycles. The van der Waals surface area contributed by atoms with Crippen LogP contribution in [-0.2, 0) is 17.6 Å². The summed E-state index contributed by atoms with van der Waals surface area (Å²) in [5.74, 6) is 0.154. The normalized spacial score (nSPS) is 12.9. The van der Waals surface area contributed by atoms with Crippen LogP contribution in [0.3, 0.4) is 0 Å². The second kappa shape index (κ2) is 6.52. The number of hydrogen-bond donors (Lipinski definition) is 2. The maximum Gasteiger partial charge on any atom is 0.250 e. The molecule has 0 spiro atoms. The van der Waals surface area contributed by atoms with Crippen LogP contribution in [0.1, 0.15) is 27.9 Å². The SMILES string of the molecule is NC(=O)c1ccccc1NC(=O)Cc1ccc2c(c1)CCCO2. The number of aryl methyl sites for hydroxylation is 1. The number of carbonyl (C=O) groups is 2. The van der Waals surface area contributed by atoms with E-state index in [2.05, 4.69) is 5.32 Å². The molecule has 1 heterocycles. The van der Waals surface area contributed by atoms with Gasteiger partial charge in [0.05, 0.1) is 24.3 Å². The molecule has 0 saturated heterocycles. The molecule has 2 amide bonds. The Labute approximate surface area is 134 Å². The van der Waals surface area contributed by atoms with Crippen LogP contribution in [0.15, 0.2) is 42.5 Å². The maximum absolute atomic E-state index is 12.2. The summed E-state index contributed by atoms with van der Waals surface area (Å²) in [7, 11) is 0. The molecule has 1 aliphatic rings. The van der Waals surface area contributed by atoms with E-state index in [4.69, 9.17) is 10.5 Å². The summed E-state index contributed by atoms with van der Waals surface area (Å²) in [5.41, 5.74) is 8.11. The van der Waals surface area contributed by atoms with Crippen LogP contribution in [0.25, 0.3) is 0 Å². The van der Waals surface area contributed by atoms with E-state index < -0.39 is 5.91 Å². The first-order valence-corrected chi connectivity index (χ1v) is 7.57. The third kappa shape index (κ3) is 3.51. The molecule has 1 aliphatic heterocycles. The first-order valence-electron chi connectivity index (χ1n) is 7.57. The average molecular weight is 310 g/mol. The highest BCUT2D eigenvalue weighted by atomic mass is 16.5. The molecule has 5 heteroatoms. The second-order valence-corrected chi connectivity index (χ2v) is 5.53. The van der Waals surface area contributed by atoms with Gasteiger partial charge in [0.15, 0.2) is 0 Å². The largest absolute Gasteiger partial charge is 0.493 e. The predicted molar refractivity (Wildman–Crippen MR) is 87.6 cm³/mol. The van der Waals surface area contributed by atoms with Gasteiger partial charge in [-0.3, -0.25) is 9.59 Å². The van der Waals surface area contributed by atoms with Gasteiger partial charge in [0.1, 0.15) is 5.75 Å². The lowest BCUT2D eigenvalue weighted by molar-refractivity contribution is -0.115. The summed E-state index contributed by atoms with van der Waals surface area (Å²) in [6.45, 7) is 0.747. The Bertz CT molecular complexity index is 756. The first-order chi connectivity index (χ1) is 11.1. The van der Waals surface area contributed by atoms with E-state index >= 15 is 0 Å². The fraction of sp³-hybridized carbons (Fsp3) is 0.222. The zero-order chi connectivity index (χ0) is 16.2. The predicted octanol–water partition coefficient (Wildman–Crippen LogP) is 2.29. The van der Waals surface area contributed by atoms with Gasteiger partial charge in [-0.25, -0.2) is 0 Å². The van der Waals surface area contributed by atoms with Crippen molar-refractivity contribution in [1.82, 2.24) is 0 Å². The van der Waals surface area contributed by atoms with E-state index in [1.807, 2.05) is 18.2 Å². The third-order valence-corrected chi connectivity index (χ3v) is 3.80. The number of hydrogen-bond acceptors (Lipinski definition) is 3. The molecular weight excluding hydrogens is 292 g/mol. The van der Waals surface area contributed by atoms with Gasteiger partial charge in [-0.05, 0) is 42.2 Å². The number of fused-ring (bicyclic) bond motifs is 1. The highest BCUT2D eigenvalue weighted by Crippen LogP contribution is 2.26. The number of rotatable bonds is 4. The van der Waals surface area contributed by atoms with Gasteiger partial charge in [0, 0.05) is 0 Å². The van der Waals surface area contributed by atoms with Crippen molar-refractivity contribution < 1.29 is 14.3 Å². The summed E-state index contributed by atoms with van der Waals surface area (Å²) in [6, 6.07) is 12.5. The minimum absolute atomic E-state index is 0.185. The molecule has 3 rings (SSSR count). The van der Waals surface area contributed by atoms with Crippen LogP contribution in [0.5, 0.6) is 5.75 Å². The number of nitrogens with two attached hydrogens (primary N) is 1. The lowest BCUT2D eigenvalue weighted by atomic mass is 10.0. The molecule has 5 nitrogen and oxygen atoms in total. The number of primary amides is 1. The third-order valence-electron chi connectivity index (χ3n) is 3.80. The smallest absolute Gasteiger partial charge is 0.250 e. The van der Waals surface area contributed by atoms with Gasteiger partial charge >= 0.3 is 0 Å². The van der Waals surface area contributed by atoms with Crippen LogP contribution in [-0.4, -0.2) is 18.4 Å². The van der Waals surface area contributed by atoms with Gasteiger partial charge in [-0.15, -0.1) is 0 Å². The van der Waals surface area contributed by atoms with E-state index in [9.17, 15) is 9.59 Å².